The van der Waals surface area contributed by atoms with E-state index in [2.05, 4.69) is 15.0 Å². The lowest BCUT2D eigenvalue weighted by Crippen LogP contribution is -2.08. The molecule has 3 aromatic rings. The van der Waals surface area contributed by atoms with Gasteiger partial charge in [0, 0.05) is 6.04 Å². The summed E-state index contributed by atoms with van der Waals surface area (Å²) in [6.07, 6.45) is 0.706. The van der Waals surface area contributed by atoms with Crippen molar-refractivity contribution in [2.24, 2.45) is 0 Å². The monoisotopic (exact) mass is 332 g/mol. The highest BCUT2D eigenvalue weighted by molar-refractivity contribution is 6.33. The van der Waals surface area contributed by atoms with Gasteiger partial charge in [0.1, 0.15) is 17.4 Å². The predicted octanol–water partition coefficient (Wildman–Crippen LogP) is 3.15. The van der Waals surface area contributed by atoms with Gasteiger partial charge in [-0.05, 0) is 31.5 Å². The second-order valence-corrected chi connectivity index (χ2v) is 5.82. The Morgan fingerprint density at radius 3 is 2.48 bits per heavy atom. The highest BCUT2D eigenvalue weighted by Gasteiger charge is 2.19. The molecule has 6 nitrogen and oxygen atoms in total. The standard InChI is InChI=1S/C16H17ClN4O2/c1-9(2)21-8-18-12-14(17)19-15(20-16(12)21)13(22)10-4-6-11(23-3)7-5-10/h4-9,13,22H,1-3H3. The van der Waals surface area contributed by atoms with E-state index in [9.17, 15) is 5.11 Å². The maximum absolute atomic E-state index is 10.6. The molecule has 1 unspecified atom stereocenters. The van der Waals surface area contributed by atoms with Crippen molar-refractivity contribution >= 4 is 22.8 Å². The predicted molar refractivity (Wildman–Crippen MR) is 87.8 cm³/mol. The van der Waals surface area contributed by atoms with Crippen LogP contribution < -0.4 is 4.74 Å². The van der Waals surface area contributed by atoms with Gasteiger partial charge in [-0.3, -0.25) is 0 Å². The molecular weight excluding hydrogens is 316 g/mol. The minimum absolute atomic E-state index is 0.178. The van der Waals surface area contributed by atoms with Crippen molar-refractivity contribution in [1.82, 2.24) is 19.5 Å². The number of aliphatic hydroxyl groups is 1. The zero-order valence-corrected chi connectivity index (χ0v) is 13.8. The van der Waals surface area contributed by atoms with E-state index >= 15 is 0 Å². The van der Waals surface area contributed by atoms with Crippen LogP contribution >= 0.6 is 11.6 Å². The average Bonchev–Trinajstić information content (AvgIpc) is 2.99. The third-order valence-corrected chi connectivity index (χ3v) is 3.89. The fourth-order valence-electron chi connectivity index (χ4n) is 2.33. The third kappa shape index (κ3) is 2.87. The zero-order valence-electron chi connectivity index (χ0n) is 13.1. The van der Waals surface area contributed by atoms with E-state index < -0.39 is 6.10 Å². The van der Waals surface area contributed by atoms with Crippen molar-refractivity contribution < 1.29 is 9.84 Å². The Hall–Kier alpha value is -2.18. The van der Waals surface area contributed by atoms with Gasteiger partial charge in [0.25, 0.3) is 0 Å². The van der Waals surface area contributed by atoms with Crippen molar-refractivity contribution in [2.45, 2.75) is 26.0 Å². The molecule has 0 aliphatic heterocycles. The number of ether oxygens (including phenoxy) is 1. The SMILES string of the molecule is COc1ccc(C(O)c2nc(Cl)c3ncn(C(C)C)c3n2)cc1. The van der Waals surface area contributed by atoms with Crippen molar-refractivity contribution in [2.75, 3.05) is 7.11 Å². The van der Waals surface area contributed by atoms with Gasteiger partial charge in [0.05, 0.1) is 13.4 Å². The second-order valence-electron chi connectivity index (χ2n) is 5.47. The van der Waals surface area contributed by atoms with E-state index in [0.29, 0.717) is 22.5 Å². The van der Waals surface area contributed by atoms with Crippen LogP contribution in [0.1, 0.15) is 37.4 Å². The number of methoxy groups -OCH3 is 1. The highest BCUT2D eigenvalue weighted by atomic mass is 35.5. The number of halogens is 1. The van der Waals surface area contributed by atoms with Gasteiger partial charge < -0.3 is 14.4 Å². The minimum Gasteiger partial charge on any atom is -0.497 e. The number of nitrogens with zero attached hydrogens (tertiary/aromatic N) is 4. The van der Waals surface area contributed by atoms with Gasteiger partial charge in [-0.1, -0.05) is 23.7 Å². The zero-order chi connectivity index (χ0) is 16.6. The van der Waals surface area contributed by atoms with Crippen molar-refractivity contribution in [1.29, 1.82) is 0 Å². The van der Waals surface area contributed by atoms with E-state index in [1.54, 1.807) is 37.7 Å². The quantitative estimate of drug-likeness (QED) is 0.743. The number of fused-ring (bicyclic) bond motifs is 1. The summed E-state index contributed by atoms with van der Waals surface area (Å²) in [5.41, 5.74) is 1.81. The number of benzene rings is 1. The molecule has 0 aliphatic carbocycles. The fourth-order valence-corrected chi connectivity index (χ4v) is 2.55. The van der Waals surface area contributed by atoms with E-state index in [4.69, 9.17) is 16.3 Å². The molecule has 0 saturated heterocycles. The lowest BCUT2D eigenvalue weighted by molar-refractivity contribution is 0.210. The first-order valence-electron chi connectivity index (χ1n) is 7.23. The molecule has 1 aromatic carbocycles. The molecule has 2 aromatic heterocycles. The smallest absolute Gasteiger partial charge is 0.165 e. The van der Waals surface area contributed by atoms with Gasteiger partial charge in [0.2, 0.25) is 0 Å². The Labute approximate surface area is 138 Å². The van der Waals surface area contributed by atoms with E-state index in [-0.39, 0.29) is 17.0 Å². The van der Waals surface area contributed by atoms with Crippen molar-refractivity contribution in [3.63, 3.8) is 0 Å². The van der Waals surface area contributed by atoms with E-state index in [1.165, 1.54) is 0 Å². The van der Waals surface area contributed by atoms with Gasteiger partial charge in [-0.25, -0.2) is 15.0 Å². The molecule has 3 rings (SSSR count). The summed E-state index contributed by atoms with van der Waals surface area (Å²) in [6.45, 7) is 4.05. The Morgan fingerprint density at radius 1 is 1.17 bits per heavy atom. The van der Waals surface area contributed by atoms with Gasteiger partial charge in [0.15, 0.2) is 16.6 Å². The number of imidazole rings is 1. The van der Waals surface area contributed by atoms with Crippen molar-refractivity contribution in [3.05, 3.63) is 47.1 Å². The normalized spacial score (nSPS) is 12.8. The van der Waals surface area contributed by atoms with Crippen LogP contribution in [-0.4, -0.2) is 31.7 Å². The molecule has 1 N–H and O–H groups in total. The fraction of sp³-hybridized carbons (Fsp3) is 0.312. The van der Waals surface area contributed by atoms with Crippen LogP contribution in [-0.2, 0) is 0 Å². The summed E-state index contributed by atoms with van der Waals surface area (Å²) < 4.78 is 7.01. The van der Waals surface area contributed by atoms with Crippen LogP contribution in [0.15, 0.2) is 30.6 Å². The van der Waals surface area contributed by atoms with Gasteiger partial charge in [-0.2, -0.15) is 0 Å². The second kappa shape index (κ2) is 6.14. The van der Waals surface area contributed by atoms with Crippen LogP contribution in [0, 0.1) is 0 Å². The number of rotatable bonds is 4. The third-order valence-electron chi connectivity index (χ3n) is 3.63. The molecule has 0 saturated carbocycles. The molecule has 0 spiro atoms. The number of aromatic nitrogens is 4. The lowest BCUT2D eigenvalue weighted by Gasteiger charge is -2.12. The highest BCUT2D eigenvalue weighted by Crippen LogP contribution is 2.27. The molecule has 0 bridgehead atoms. The Kier molecular flexibility index (Phi) is 4.19. The molecule has 7 heteroatoms. The molecular formula is C16H17ClN4O2. The Bertz CT molecular complexity index is 830. The summed E-state index contributed by atoms with van der Waals surface area (Å²) in [5.74, 6) is 0.961. The summed E-state index contributed by atoms with van der Waals surface area (Å²) in [7, 11) is 1.59. The van der Waals surface area contributed by atoms with Crippen LogP contribution in [0.4, 0.5) is 0 Å². The molecule has 0 fully saturated rings. The Morgan fingerprint density at radius 2 is 1.87 bits per heavy atom. The molecule has 120 valence electrons. The van der Waals surface area contributed by atoms with Crippen LogP contribution in [0.5, 0.6) is 5.75 Å². The molecule has 1 atom stereocenters. The molecule has 0 aliphatic rings. The molecule has 0 amide bonds. The van der Waals surface area contributed by atoms with Crippen LogP contribution in [0.2, 0.25) is 5.15 Å². The minimum atomic E-state index is -0.974. The number of hydrogen-bond acceptors (Lipinski definition) is 5. The summed E-state index contributed by atoms with van der Waals surface area (Å²) in [5, 5.41) is 10.8. The van der Waals surface area contributed by atoms with Crippen LogP contribution in [0.25, 0.3) is 11.2 Å². The summed E-state index contributed by atoms with van der Waals surface area (Å²) in [4.78, 5) is 12.9. The van der Waals surface area contributed by atoms with E-state index in [1.807, 2.05) is 18.4 Å². The van der Waals surface area contributed by atoms with Crippen molar-refractivity contribution in [3.8, 4) is 5.75 Å². The maximum atomic E-state index is 10.6. The topological polar surface area (TPSA) is 73.1 Å². The average molecular weight is 333 g/mol. The Balaban J connectivity index is 2.05. The summed E-state index contributed by atoms with van der Waals surface area (Å²) >= 11 is 6.20. The maximum Gasteiger partial charge on any atom is 0.165 e. The summed E-state index contributed by atoms with van der Waals surface area (Å²) in [6, 6.07) is 7.26. The largest absolute Gasteiger partial charge is 0.497 e. The molecule has 2 heterocycles. The lowest BCUT2D eigenvalue weighted by atomic mass is 10.1. The first-order chi connectivity index (χ1) is 11.0. The van der Waals surface area contributed by atoms with Crippen LogP contribution in [0.3, 0.4) is 0 Å². The molecule has 0 radical (unpaired) electrons. The van der Waals surface area contributed by atoms with Gasteiger partial charge >= 0.3 is 0 Å². The van der Waals surface area contributed by atoms with E-state index in [0.717, 1.165) is 0 Å². The number of hydrogen-bond donors (Lipinski definition) is 1. The first-order valence-corrected chi connectivity index (χ1v) is 7.61. The first kappa shape index (κ1) is 15.7. The van der Waals surface area contributed by atoms with Gasteiger partial charge in [-0.15, -0.1) is 0 Å². The molecule has 23 heavy (non-hydrogen) atoms. The number of aliphatic hydroxyl groups excluding tert-OH is 1.